The SMILES string of the molecule is O=C(Cn1cnc(-c2ccccc2)cc1=O)Nc1ccc(OC(F)(F)F)cc1. The average molecular weight is 389 g/mol. The first-order chi connectivity index (χ1) is 13.3. The first-order valence-electron chi connectivity index (χ1n) is 8.08. The highest BCUT2D eigenvalue weighted by Gasteiger charge is 2.30. The zero-order valence-electron chi connectivity index (χ0n) is 14.3. The molecular weight excluding hydrogens is 375 g/mol. The van der Waals surface area contributed by atoms with Crippen LogP contribution in [-0.2, 0) is 11.3 Å². The van der Waals surface area contributed by atoms with Gasteiger partial charge in [0, 0.05) is 17.3 Å². The van der Waals surface area contributed by atoms with E-state index in [2.05, 4.69) is 15.0 Å². The summed E-state index contributed by atoms with van der Waals surface area (Å²) in [4.78, 5) is 28.5. The lowest BCUT2D eigenvalue weighted by Gasteiger charge is -2.10. The van der Waals surface area contributed by atoms with Crippen molar-refractivity contribution in [2.24, 2.45) is 0 Å². The Morgan fingerprint density at radius 3 is 2.36 bits per heavy atom. The number of benzene rings is 2. The fourth-order valence-electron chi connectivity index (χ4n) is 2.41. The first-order valence-corrected chi connectivity index (χ1v) is 8.08. The van der Waals surface area contributed by atoms with Crippen molar-refractivity contribution in [3.8, 4) is 17.0 Å². The molecule has 6 nitrogen and oxygen atoms in total. The lowest BCUT2D eigenvalue weighted by molar-refractivity contribution is -0.274. The second kappa shape index (κ2) is 7.95. The minimum atomic E-state index is -4.79. The summed E-state index contributed by atoms with van der Waals surface area (Å²) >= 11 is 0. The van der Waals surface area contributed by atoms with Crippen LogP contribution < -0.4 is 15.6 Å². The van der Waals surface area contributed by atoms with Crippen molar-refractivity contribution in [1.82, 2.24) is 9.55 Å². The molecule has 3 aromatic rings. The van der Waals surface area contributed by atoms with Crippen LogP contribution in [-0.4, -0.2) is 21.8 Å². The molecular formula is C19H14F3N3O3. The molecule has 0 spiro atoms. The molecule has 0 saturated heterocycles. The molecule has 0 fully saturated rings. The fourth-order valence-corrected chi connectivity index (χ4v) is 2.41. The Kier molecular flexibility index (Phi) is 5.44. The molecule has 0 saturated carbocycles. The van der Waals surface area contributed by atoms with Gasteiger partial charge in [0.25, 0.3) is 5.56 Å². The van der Waals surface area contributed by atoms with Crippen LogP contribution in [0, 0.1) is 0 Å². The minimum absolute atomic E-state index is 0.265. The maximum Gasteiger partial charge on any atom is 0.573 e. The molecule has 3 rings (SSSR count). The van der Waals surface area contributed by atoms with Gasteiger partial charge >= 0.3 is 6.36 Å². The largest absolute Gasteiger partial charge is 0.573 e. The van der Waals surface area contributed by atoms with Gasteiger partial charge in [0.15, 0.2) is 0 Å². The molecule has 0 bridgehead atoms. The number of carbonyl (C=O) groups excluding carboxylic acids is 1. The van der Waals surface area contributed by atoms with Gasteiger partial charge in [-0.2, -0.15) is 0 Å². The third kappa shape index (κ3) is 5.19. The molecule has 0 atom stereocenters. The Bertz CT molecular complexity index is 1020. The van der Waals surface area contributed by atoms with Crippen LogP contribution in [0.25, 0.3) is 11.3 Å². The van der Waals surface area contributed by atoms with Gasteiger partial charge < -0.3 is 10.1 Å². The Morgan fingerprint density at radius 2 is 1.75 bits per heavy atom. The van der Waals surface area contributed by atoms with E-state index in [1.54, 1.807) is 0 Å². The summed E-state index contributed by atoms with van der Waals surface area (Å²) < 4.78 is 41.3. The summed E-state index contributed by atoms with van der Waals surface area (Å²) in [5, 5.41) is 2.49. The normalized spacial score (nSPS) is 11.1. The predicted molar refractivity (Wildman–Crippen MR) is 95.7 cm³/mol. The number of alkyl halides is 3. The first kappa shape index (κ1) is 19.2. The van der Waals surface area contributed by atoms with Gasteiger partial charge in [0.05, 0.1) is 12.0 Å². The maximum absolute atomic E-state index is 12.2. The summed E-state index contributed by atoms with van der Waals surface area (Å²) in [5.74, 6) is -0.928. The molecule has 2 aromatic carbocycles. The highest BCUT2D eigenvalue weighted by molar-refractivity contribution is 5.90. The number of halogens is 3. The van der Waals surface area contributed by atoms with E-state index in [0.29, 0.717) is 5.69 Å². The summed E-state index contributed by atoms with van der Waals surface area (Å²) in [5.41, 5.74) is 1.12. The standard InChI is InChI=1S/C19H14F3N3O3/c20-19(21,22)28-15-8-6-14(7-9-15)24-17(26)11-25-12-23-16(10-18(25)27)13-4-2-1-3-5-13/h1-10,12H,11H2,(H,24,26). The number of aromatic nitrogens is 2. The monoisotopic (exact) mass is 389 g/mol. The lowest BCUT2D eigenvalue weighted by atomic mass is 10.1. The molecule has 0 aliphatic heterocycles. The molecule has 1 heterocycles. The number of nitrogens with one attached hydrogen (secondary N) is 1. The zero-order chi connectivity index (χ0) is 20.1. The van der Waals surface area contributed by atoms with Crippen LogP contribution >= 0.6 is 0 Å². The number of amides is 1. The van der Waals surface area contributed by atoms with Gasteiger partial charge in [-0.15, -0.1) is 13.2 Å². The highest BCUT2D eigenvalue weighted by Crippen LogP contribution is 2.23. The van der Waals surface area contributed by atoms with Crippen LogP contribution in [0.2, 0.25) is 0 Å². The van der Waals surface area contributed by atoms with Gasteiger partial charge in [-0.05, 0) is 24.3 Å². The fraction of sp³-hybridized carbons (Fsp3) is 0.105. The molecule has 144 valence electrons. The van der Waals surface area contributed by atoms with E-state index in [0.717, 1.165) is 22.3 Å². The Balaban J connectivity index is 1.64. The van der Waals surface area contributed by atoms with E-state index in [4.69, 9.17) is 0 Å². The summed E-state index contributed by atoms with van der Waals surface area (Å²) in [6.45, 7) is -0.290. The van der Waals surface area contributed by atoms with Crippen LogP contribution in [0.15, 0.2) is 71.8 Å². The van der Waals surface area contributed by atoms with Crippen LogP contribution in [0.1, 0.15) is 0 Å². The molecule has 1 aromatic heterocycles. The smallest absolute Gasteiger partial charge is 0.406 e. The van der Waals surface area contributed by atoms with Gasteiger partial charge in [0.1, 0.15) is 12.3 Å². The third-order valence-corrected chi connectivity index (χ3v) is 3.63. The van der Waals surface area contributed by atoms with Crippen molar-refractivity contribution in [2.75, 3.05) is 5.32 Å². The van der Waals surface area contributed by atoms with E-state index in [-0.39, 0.29) is 12.2 Å². The van der Waals surface area contributed by atoms with E-state index in [9.17, 15) is 22.8 Å². The topological polar surface area (TPSA) is 73.2 Å². The molecule has 9 heteroatoms. The van der Waals surface area contributed by atoms with E-state index < -0.39 is 23.6 Å². The van der Waals surface area contributed by atoms with Crippen molar-refractivity contribution in [1.29, 1.82) is 0 Å². The third-order valence-electron chi connectivity index (χ3n) is 3.63. The lowest BCUT2D eigenvalue weighted by Crippen LogP contribution is -2.27. The van der Waals surface area contributed by atoms with Crippen molar-refractivity contribution in [3.63, 3.8) is 0 Å². The minimum Gasteiger partial charge on any atom is -0.406 e. The van der Waals surface area contributed by atoms with Gasteiger partial charge in [-0.25, -0.2) is 4.98 Å². The van der Waals surface area contributed by atoms with E-state index in [1.807, 2.05) is 30.3 Å². The van der Waals surface area contributed by atoms with Gasteiger partial charge in [-0.3, -0.25) is 14.2 Å². The van der Waals surface area contributed by atoms with Gasteiger partial charge in [0.2, 0.25) is 5.91 Å². The van der Waals surface area contributed by atoms with Crippen LogP contribution in [0.3, 0.4) is 0 Å². The predicted octanol–water partition coefficient (Wildman–Crippen LogP) is 3.45. The maximum atomic E-state index is 12.2. The molecule has 1 amide bonds. The number of hydrogen-bond acceptors (Lipinski definition) is 4. The van der Waals surface area contributed by atoms with E-state index in [1.165, 1.54) is 24.5 Å². The summed E-state index contributed by atoms with van der Waals surface area (Å²) in [6, 6.07) is 15.1. The molecule has 1 N–H and O–H groups in total. The Morgan fingerprint density at radius 1 is 1.07 bits per heavy atom. The molecule has 0 aliphatic carbocycles. The molecule has 0 unspecified atom stereocenters. The number of rotatable bonds is 5. The second-order valence-electron chi connectivity index (χ2n) is 5.73. The molecule has 0 radical (unpaired) electrons. The van der Waals surface area contributed by atoms with E-state index >= 15 is 0 Å². The summed E-state index contributed by atoms with van der Waals surface area (Å²) in [7, 11) is 0. The number of anilines is 1. The van der Waals surface area contributed by atoms with Crippen molar-refractivity contribution in [2.45, 2.75) is 12.9 Å². The number of carbonyl (C=O) groups is 1. The Labute approximate surface area is 157 Å². The zero-order valence-corrected chi connectivity index (χ0v) is 14.3. The van der Waals surface area contributed by atoms with Crippen molar-refractivity contribution in [3.05, 3.63) is 77.3 Å². The molecule has 0 aliphatic rings. The van der Waals surface area contributed by atoms with Crippen molar-refractivity contribution < 1.29 is 22.7 Å². The van der Waals surface area contributed by atoms with Crippen LogP contribution in [0.4, 0.5) is 18.9 Å². The Hall–Kier alpha value is -3.62. The second-order valence-corrected chi connectivity index (χ2v) is 5.73. The number of ether oxygens (including phenoxy) is 1. The van der Waals surface area contributed by atoms with Crippen LogP contribution in [0.5, 0.6) is 5.75 Å². The number of hydrogen-bond donors (Lipinski definition) is 1. The summed E-state index contributed by atoms with van der Waals surface area (Å²) in [6.07, 6.45) is -3.52. The average Bonchev–Trinajstić information content (AvgIpc) is 2.64. The van der Waals surface area contributed by atoms with Crippen molar-refractivity contribution >= 4 is 11.6 Å². The number of nitrogens with zero attached hydrogens (tertiary/aromatic N) is 2. The quantitative estimate of drug-likeness (QED) is 0.726. The molecule has 28 heavy (non-hydrogen) atoms. The van der Waals surface area contributed by atoms with Gasteiger partial charge in [-0.1, -0.05) is 30.3 Å². The highest BCUT2D eigenvalue weighted by atomic mass is 19.4.